The van der Waals surface area contributed by atoms with E-state index in [4.69, 9.17) is 9.47 Å². The minimum absolute atomic E-state index is 0.168. The molecule has 2 aliphatic rings. The average Bonchev–Trinajstić information content (AvgIpc) is 2.60. The fraction of sp³-hybridized carbons (Fsp3) is 0.947. The summed E-state index contributed by atoms with van der Waals surface area (Å²) in [4.78, 5) is 4.68. The standard InChI is InChI=1S/C19H37N3O3/c1-5-19(6-2)15(13-16(19)25-8-4)22-17(20-7-3)21-14-18(23)9-11-24-12-10-18/h15-16,23H,5-14H2,1-4H3,(H2,20,21,22). The maximum atomic E-state index is 10.6. The Morgan fingerprint density at radius 1 is 1.20 bits per heavy atom. The molecule has 25 heavy (non-hydrogen) atoms. The van der Waals surface area contributed by atoms with Gasteiger partial charge in [-0.2, -0.15) is 0 Å². The molecule has 146 valence electrons. The molecule has 6 heteroatoms. The number of aliphatic imine (C=N–C) groups is 1. The number of ether oxygens (including phenoxy) is 2. The van der Waals surface area contributed by atoms with Gasteiger partial charge in [-0.1, -0.05) is 13.8 Å². The third kappa shape index (κ3) is 4.66. The molecule has 1 aliphatic heterocycles. The smallest absolute Gasteiger partial charge is 0.191 e. The molecular formula is C19H37N3O3. The molecule has 2 atom stereocenters. The Morgan fingerprint density at radius 2 is 1.88 bits per heavy atom. The van der Waals surface area contributed by atoms with Gasteiger partial charge in [0.15, 0.2) is 5.96 Å². The molecule has 2 fully saturated rings. The van der Waals surface area contributed by atoms with Crippen LogP contribution in [0.2, 0.25) is 0 Å². The van der Waals surface area contributed by atoms with E-state index in [1.165, 1.54) is 0 Å². The molecule has 1 saturated heterocycles. The monoisotopic (exact) mass is 355 g/mol. The van der Waals surface area contributed by atoms with Gasteiger partial charge in [0.25, 0.3) is 0 Å². The first-order valence-corrected chi connectivity index (χ1v) is 10.00. The topological polar surface area (TPSA) is 75.1 Å². The SMILES string of the molecule is CCNC(=NCC1(O)CCOCC1)NC1CC(OCC)C1(CC)CC. The van der Waals surface area contributed by atoms with Crippen molar-refractivity contribution in [2.45, 2.75) is 77.5 Å². The van der Waals surface area contributed by atoms with Crippen molar-refractivity contribution in [3.05, 3.63) is 0 Å². The molecule has 0 aromatic carbocycles. The van der Waals surface area contributed by atoms with E-state index in [0.717, 1.165) is 38.4 Å². The van der Waals surface area contributed by atoms with Crippen LogP contribution in [-0.2, 0) is 9.47 Å². The molecule has 2 rings (SSSR count). The summed E-state index contributed by atoms with van der Waals surface area (Å²) in [5.74, 6) is 0.800. The van der Waals surface area contributed by atoms with E-state index in [-0.39, 0.29) is 5.41 Å². The lowest BCUT2D eigenvalue weighted by Gasteiger charge is -2.55. The van der Waals surface area contributed by atoms with E-state index < -0.39 is 5.60 Å². The number of nitrogens with zero attached hydrogens (tertiary/aromatic N) is 1. The molecule has 6 nitrogen and oxygen atoms in total. The maximum absolute atomic E-state index is 10.6. The summed E-state index contributed by atoms with van der Waals surface area (Å²) in [5, 5.41) is 17.6. The molecule has 1 heterocycles. The molecule has 3 N–H and O–H groups in total. The van der Waals surface area contributed by atoms with E-state index >= 15 is 0 Å². The quantitative estimate of drug-likeness (QED) is 0.459. The Morgan fingerprint density at radius 3 is 2.44 bits per heavy atom. The second kappa shape index (κ2) is 9.19. The first kappa shape index (κ1) is 20.5. The summed E-state index contributed by atoms with van der Waals surface area (Å²) in [6, 6.07) is 0.362. The fourth-order valence-electron chi connectivity index (χ4n) is 4.20. The second-order valence-electron chi connectivity index (χ2n) is 7.35. The summed E-state index contributed by atoms with van der Waals surface area (Å²) >= 11 is 0. The number of rotatable bonds is 8. The summed E-state index contributed by atoms with van der Waals surface area (Å²) in [6.45, 7) is 11.8. The van der Waals surface area contributed by atoms with Gasteiger partial charge in [0.1, 0.15) is 0 Å². The van der Waals surface area contributed by atoms with Crippen molar-refractivity contribution in [1.29, 1.82) is 0 Å². The molecule has 1 aliphatic carbocycles. The van der Waals surface area contributed by atoms with Crippen LogP contribution >= 0.6 is 0 Å². The van der Waals surface area contributed by atoms with Gasteiger partial charge in [-0.25, -0.2) is 0 Å². The van der Waals surface area contributed by atoms with Gasteiger partial charge in [0.2, 0.25) is 0 Å². The molecular weight excluding hydrogens is 318 g/mol. The van der Waals surface area contributed by atoms with E-state index in [0.29, 0.717) is 44.7 Å². The first-order chi connectivity index (χ1) is 12.0. The van der Waals surface area contributed by atoms with Gasteiger partial charge >= 0.3 is 0 Å². The van der Waals surface area contributed by atoms with Gasteiger partial charge in [-0.05, 0) is 33.1 Å². The Labute approximate surface area is 152 Å². The number of hydrogen-bond donors (Lipinski definition) is 3. The fourth-order valence-corrected chi connectivity index (χ4v) is 4.20. The number of nitrogens with one attached hydrogen (secondary N) is 2. The number of hydrogen-bond acceptors (Lipinski definition) is 4. The lowest BCUT2D eigenvalue weighted by Crippen LogP contribution is -2.65. The van der Waals surface area contributed by atoms with Crippen molar-refractivity contribution in [3.63, 3.8) is 0 Å². The highest BCUT2D eigenvalue weighted by molar-refractivity contribution is 5.80. The van der Waals surface area contributed by atoms with E-state index in [2.05, 4.69) is 43.3 Å². The normalized spacial score (nSPS) is 28.3. The number of guanidine groups is 1. The summed E-state index contributed by atoms with van der Waals surface area (Å²) in [6.07, 6.45) is 4.82. The van der Waals surface area contributed by atoms with Crippen LogP contribution in [0.5, 0.6) is 0 Å². The van der Waals surface area contributed by atoms with Gasteiger partial charge in [0, 0.05) is 50.7 Å². The zero-order chi connectivity index (χ0) is 18.3. The van der Waals surface area contributed by atoms with E-state index in [9.17, 15) is 5.11 Å². The van der Waals surface area contributed by atoms with Gasteiger partial charge in [0.05, 0.1) is 18.2 Å². The maximum Gasteiger partial charge on any atom is 0.191 e. The molecule has 1 saturated carbocycles. The Bertz CT molecular complexity index is 432. The van der Waals surface area contributed by atoms with Gasteiger partial charge < -0.3 is 25.2 Å². The third-order valence-electron chi connectivity index (χ3n) is 6.08. The zero-order valence-electron chi connectivity index (χ0n) is 16.4. The predicted octanol–water partition coefficient (Wildman–Crippen LogP) is 2.07. The van der Waals surface area contributed by atoms with Gasteiger partial charge in [-0.15, -0.1) is 0 Å². The van der Waals surface area contributed by atoms with Crippen LogP contribution in [0, 0.1) is 5.41 Å². The molecule has 0 spiro atoms. The van der Waals surface area contributed by atoms with Crippen LogP contribution in [0.15, 0.2) is 4.99 Å². The first-order valence-electron chi connectivity index (χ1n) is 10.00. The highest BCUT2D eigenvalue weighted by Gasteiger charge is 2.53. The Balaban J connectivity index is 2.01. The highest BCUT2D eigenvalue weighted by Crippen LogP contribution is 2.48. The zero-order valence-corrected chi connectivity index (χ0v) is 16.4. The predicted molar refractivity (Wildman–Crippen MR) is 101 cm³/mol. The molecule has 0 aromatic rings. The average molecular weight is 356 g/mol. The van der Waals surface area contributed by atoms with Crippen molar-refractivity contribution in [3.8, 4) is 0 Å². The molecule has 2 unspecified atom stereocenters. The van der Waals surface area contributed by atoms with Crippen molar-refractivity contribution in [2.75, 3.05) is 32.9 Å². The second-order valence-corrected chi connectivity index (χ2v) is 7.35. The van der Waals surface area contributed by atoms with Crippen LogP contribution < -0.4 is 10.6 Å². The minimum atomic E-state index is -0.735. The Hall–Kier alpha value is -0.850. The van der Waals surface area contributed by atoms with Crippen LogP contribution in [0.3, 0.4) is 0 Å². The van der Waals surface area contributed by atoms with E-state index in [1.54, 1.807) is 0 Å². The largest absolute Gasteiger partial charge is 0.388 e. The summed E-state index contributed by atoms with van der Waals surface area (Å²) < 4.78 is 11.3. The van der Waals surface area contributed by atoms with Crippen LogP contribution in [0.1, 0.15) is 59.8 Å². The van der Waals surface area contributed by atoms with E-state index in [1.807, 2.05) is 0 Å². The lowest BCUT2D eigenvalue weighted by atomic mass is 9.58. The van der Waals surface area contributed by atoms with Crippen LogP contribution in [0.4, 0.5) is 0 Å². The van der Waals surface area contributed by atoms with Crippen molar-refractivity contribution < 1.29 is 14.6 Å². The lowest BCUT2D eigenvalue weighted by molar-refractivity contribution is -0.133. The van der Waals surface area contributed by atoms with Crippen molar-refractivity contribution in [1.82, 2.24) is 10.6 Å². The third-order valence-corrected chi connectivity index (χ3v) is 6.08. The van der Waals surface area contributed by atoms with Gasteiger partial charge in [-0.3, -0.25) is 4.99 Å². The molecule has 0 amide bonds. The minimum Gasteiger partial charge on any atom is -0.388 e. The summed E-state index contributed by atoms with van der Waals surface area (Å²) in [7, 11) is 0. The summed E-state index contributed by atoms with van der Waals surface area (Å²) in [5.41, 5.74) is -0.567. The molecule has 0 aromatic heterocycles. The number of aliphatic hydroxyl groups is 1. The van der Waals surface area contributed by atoms with Crippen molar-refractivity contribution in [2.24, 2.45) is 10.4 Å². The molecule has 0 radical (unpaired) electrons. The Kier molecular flexibility index (Phi) is 7.52. The molecule has 0 bridgehead atoms. The van der Waals surface area contributed by atoms with Crippen molar-refractivity contribution >= 4 is 5.96 Å². The highest BCUT2D eigenvalue weighted by atomic mass is 16.5. The van der Waals surface area contributed by atoms with Crippen LogP contribution in [-0.4, -0.2) is 61.7 Å². The van der Waals surface area contributed by atoms with Crippen LogP contribution in [0.25, 0.3) is 0 Å².